The van der Waals surface area contributed by atoms with Crippen LogP contribution >= 0.6 is 0 Å². The van der Waals surface area contributed by atoms with Crippen molar-refractivity contribution in [3.63, 3.8) is 0 Å². The number of aromatic nitrogens is 2. The third kappa shape index (κ3) is 4.72. The fourth-order valence-corrected chi connectivity index (χ4v) is 2.38. The van der Waals surface area contributed by atoms with E-state index in [1.165, 1.54) is 17.1 Å². The van der Waals surface area contributed by atoms with Gasteiger partial charge in [-0.2, -0.15) is 5.10 Å². The molecule has 8 heteroatoms. The van der Waals surface area contributed by atoms with Crippen LogP contribution in [0, 0.1) is 0 Å². The Morgan fingerprint density at radius 2 is 2.08 bits per heavy atom. The van der Waals surface area contributed by atoms with Gasteiger partial charge in [-0.3, -0.25) is 9.48 Å². The average Bonchev–Trinajstić information content (AvgIpc) is 3.08. The van der Waals surface area contributed by atoms with Gasteiger partial charge in [-0.05, 0) is 25.1 Å². The first-order valence-corrected chi connectivity index (χ1v) is 7.71. The molecule has 1 unspecified atom stereocenters. The highest BCUT2D eigenvalue weighted by Crippen LogP contribution is 2.29. The summed E-state index contributed by atoms with van der Waals surface area (Å²) in [5.41, 5.74) is 0.900. The van der Waals surface area contributed by atoms with Crippen LogP contribution in [0.4, 0.5) is 0 Å². The number of methoxy groups -OCH3 is 2. The molecule has 0 aliphatic rings. The predicted octanol–water partition coefficient (Wildman–Crippen LogP) is 1.87. The lowest BCUT2D eigenvalue weighted by Gasteiger charge is -2.18. The van der Waals surface area contributed by atoms with Crippen LogP contribution in [0.2, 0.25) is 0 Å². The maximum Gasteiger partial charge on any atom is 0.338 e. The number of carboxylic acids is 1. The van der Waals surface area contributed by atoms with Gasteiger partial charge >= 0.3 is 5.97 Å². The van der Waals surface area contributed by atoms with E-state index in [1.807, 2.05) is 13.0 Å². The zero-order valence-corrected chi connectivity index (χ0v) is 14.4. The topological polar surface area (TPSA) is 103 Å². The third-order valence-corrected chi connectivity index (χ3v) is 3.73. The van der Waals surface area contributed by atoms with Crippen LogP contribution in [0.1, 0.15) is 35.3 Å². The first-order chi connectivity index (χ1) is 11.9. The molecule has 0 aliphatic heterocycles. The van der Waals surface area contributed by atoms with Crippen LogP contribution in [-0.2, 0) is 11.3 Å². The molecule has 0 saturated carbocycles. The van der Waals surface area contributed by atoms with E-state index in [9.17, 15) is 9.59 Å². The summed E-state index contributed by atoms with van der Waals surface area (Å²) in [6.07, 6.45) is 2.82. The Morgan fingerprint density at radius 1 is 1.32 bits per heavy atom. The molecule has 0 fully saturated rings. The molecule has 1 atom stereocenters. The number of carboxylic acid groups (broad SMARTS) is 1. The molecular weight excluding hydrogens is 326 g/mol. The molecule has 1 aromatic carbocycles. The van der Waals surface area contributed by atoms with Crippen LogP contribution in [0.25, 0.3) is 0 Å². The van der Waals surface area contributed by atoms with Gasteiger partial charge in [0.1, 0.15) is 11.5 Å². The fraction of sp³-hybridized carbons (Fsp3) is 0.353. The van der Waals surface area contributed by atoms with Crippen molar-refractivity contribution in [1.82, 2.24) is 15.1 Å². The van der Waals surface area contributed by atoms with Crippen LogP contribution in [0.3, 0.4) is 0 Å². The van der Waals surface area contributed by atoms with Crippen molar-refractivity contribution in [2.24, 2.45) is 0 Å². The van der Waals surface area contributed by atoms with Crippen LogP contribution < -0.4 is 14.8 Å². The summed E-state index contributed by atoms with van der Waals surface area (Å²) in [6, 6.07) is 5.11. The van der Waals surface area contributed by atoms with Gasteiger partial charge < -0.3 is 19.9 Å². The molecule has 1 heterocycles. The molecule has 1 amide bonds. The number of carbonyl (C=O) groups is 2. The number of ether oxygens (including phenoxy) is 2. The lowest BCUT2D eigenvalue weighted by atomic mass is 10.1. The highest BCUT2D eigenvalue weighted by Gasteiger charge is 2.15. The summed E-state index contributed by atoms with van der Waals surface area (Å²) in [5, 5.41) is 15.7. The number of rotatable bonds is 8. The van der Waals surface area contributed by atoms with Gasteiger partial charge in [0, 0.05) is 24.7 Å². The zero-order chi connectivity index (χ0) is 18.4. The summed E-state index contributed by atoms with van der Waals surface area (Å²) in [4.78, 5) is 23.0. The Balaban J connectivity index is 1.96. The van der Waals surface area contributed by atoms with Crippen LogP contribution in [-0.4, -0.2) is 41.0 Å². The number of aromatic carboxylic acids is 1. The van der Waals surface area contributed by atoms with Gasteiger partial charge in [0.05, 0.1) is 32.0 Å². The maximum atomic E-state index is 12.2. The number of nitrogens with one attached hydrogen (secondary N) is 1. The quantitative estimate of drug-likeness (QED) is 0.756. The summed E-state index contributed by atoms with van der Waals surface area (Å²) >= 11 is 0. The van der Waals surface area contributed by atoms with E-state index in [-0.39, 0.29) is 23.9 Å². The van der Waals surface area contributed by atoms with Crippen molar-refractivity contribution in [3.8, 4) is 11.5 Å². The SMILES string of the molecule is COc1ccc(OC)c(C(C)NC(=O)CCn2cc(C(=O)O)cn2)c1. The monoisotopic (exact) mass is 347 g/mol. The second kappa shape index (κ2) is 8.18. The van der Waals surface area contributed by atoms with E-state index in [4.69, 9.17) is 14.6 Å². The average molecular weight is 347 g/mol. The summed E-state index contributed by atoms with van der Waals surface area (Å²) in [5.74, 6) is 0.112. The predicted molar refractivity (Wildman–Crippen MR) is 89.9 cm³/mol. The molecule has 25 heavy (non-hydrogen) atoms. The van der Waals surface area contributed by atoms with Gasteiger partial charge in [-0.25, -0.2) is 4.79 Å². The summed E-state index contributed by atoms with van der Waals surface area (Å²) in [6.45, 7) is 2.15. The Hall–Kier alpha value is -3.03. The Morgan fingerprint density at radius 3 is 2.68 bits per heavy atom. The minimum atomic E-state index is -1.05. The van der Waals surface area contributed by atoms with Crippen molar-refractivity contribution in [1.29, 1.82) is 0 Å². The molecule has 0 spiro atoms. The van der Waals surface area contributed by atoms with Crippen molar-refractivity contribution in [2.45, 2.75) is 25.9 Å². The number of nitrogens with zero attached hydrogens (tertiary/aromatic N) is 2. The largest absolute Gasteiger partial charge is 0.497 e. The van der Waals surface area contributed by atoms with Gasteiger partial charge in [-0.1, -0.05) is 0 Å². The first kappa shape index (κ1) is 18.3. The van der Waals surface area contributed by atoms with E-state index < -0.39 is 5.97 Å². The number of amides is 1. The maximum absolute atomic E-state index is 12.2. The lowest BCUT2D eigenvalue weighted by Crippen LogP contribution is -2.27. The molecular formula is C17H21N3O5. The Labute approximate surface area is 145 Å². The number of aryl methyl sites for hydroxylation is 1. The Kier molecular flexibility index (Phi) is 5.99. The third-order valence-electron chi connectivity index (χ3n) is 3.73. The Bertz CT molecular complexity index is 756. The van der Waals surface area contributed by atoms with Gasteiger partial charge in [0.15, 0.2) is 0 Å². The number of carbonyl (C=O) groups excluding carboxylic acids is 1. The molecule has 2 rings (SSSR count). The fourth-order valence-electron chi connectivity index (χ4n) is 2.38. The minimum absolute atomic E-state index is 0.0925. The van der Waals surface area contributed by atoms with Crippen LogP contribution in [0.15, 0.2) is 30.6 Å². The van der Waals surface area contributed by atoms with E-state index in [0.717, 1.165) is 5.56 Å². The highest BCUT2D eigenvalue weighted by atomic mass is 16.5. The molecule has 134 valence electrons. The number of benzene rings is 1. The van der Waals surface area contributed by atoms with Gasteiger partial charge in [-0.15, -0.1) is 0 Å². The molecule has 2 aromatic rings. The van der Waals surface area contributed by atoms with Crippen molar-refractivity contribution < 1.29 is 24.2 Å². The van der Waals surface area contributed by atoms with Gasteiger partial charge in [0.2, 0.25) is 5.91 Å². The normalized spacial score (nSPS) is 11.6. The molecule has 1 aromatic heterocycles. The standard InChI is InChI=1S/C17H21N3O5/c1-11(14-8-13(24-2)4-5-15(14)25-3)19-16(21)6-7-20-10-12(9-18-20)17(22)23/h4-5,8-11H,6-7H2,1-3H3,(H,19,21)(H,22,23). The summed E-state index contributed by atoms with van der Waals surface area (Å²) in [7, 11) is 3.14. The second-order valence-corrected chi connectivity index (χ2v) is 5.44. The molecule has 0 radical (unpaired) electrons. The van der Waals surface area contributed by atoms with E-state index in [1.54, 1.807) is 26.4 Å². The number of hydrogen-bond acceptors (Lipinski definition) is 5. The zero-order valence-electron chi connectivity index (χ0n) is 14.4. The smallest absolute Gasteiger partial charge is 0.338 e. The molecule has 0 aliphatic carbocycles. The van der Waals surface area contributed by atoms with E-state index >= 15 is 0 Å². The molecule has 2 N–H and O–H groups in total. The second-order valence-electron chi connectivity index (χ2n) is 5.44. The van der Waals surface area contributed by atoms with Crippen molar-refractivity contribution in [3.05, 3.63) is 41.7 Å². The van der Waals surface area contributed by atoms with Crippen molar-refractivity contribution in [2.75, 3.05) is 14.2 Å². The first-order valence-electron chi connectivity index (χ1n) is 7.71. The van der Waals surface area contributed by atoms with Crippen LogP contribution in [0.5, 0.6) is 11.5 Å². The van der Waals surface area contributed by atoms with Gasteiger partial charge in [0.25, 0.3) is 0 Å². The molecule has 0 saturated heterocycles. The number of hydrogen-bond donors (Lipinski definition) is 2. The lowest BCUT2D eigenvalue weighted by molar-refractivity contribution is -0.122. The van der Waals surface area contributed by atoms with E-state index in [0.29, 0.717) is 18.0 Å². The molecule has 8 nitrogen and oxygen atoms in total. The highest BCUT2D eigenvalue weighted by molar-refractivity contribution is 5.86. The minimum Gasteiger partial charge on any atom is -0.497 e. The van der Waals surface area contributed by atoms with Crippen molar-refractivity contribution >= 4 is 11.9 Å². The molecule has 0 bridgehead atoms. The summed E-state index contributed by atoms with van der Waals surface area (Å²) < 4.78 is 12.0. The van der Waals surface area contributed by atoms with E-state index in [2.05, 4.69) is 10.4 Å².